The van der Waals surface area contributed by atoms with Crippen molar-refractivity contribution in [3.63, 3.8) is 0 Å². The van der Waals surface area contributed by atoms with E-state index in [1.807, 2.05) is 13.8 Å². The number of piperidine rings is 1. The van der Waals surface area contributed by atoms with Crippen LogP contribution < -0.4 is 10.6 Å². The van der Waals surface area contributed by atoms with E-state index in [1.165, 1.54) is 0 Å². The van der Waals surface area contributed by atoms with E-state index in [0.717, 1.165) is 32.4 Å². The quantitative estimate of drug-likeness (QED) is 0.629. The zero-order chi connectivity index (χ0) is 11.3. The van der Waals surface area contributed by atoms with Gasteiger partial charge >= 0.3 is 0 Å². The van der Waals surface area contributed by atoms with Gasteiger partial charge in [0.25, 0.3) is 0 Å². The van der Waals surface area contributed by atoms with Crippen LogP contribution in [0.25, 0.3) is 0 Å². The van der Waals surface area contributed by atoms with Gasteiger partial charge in [0.15, 0.2) is 0 Å². The van der Waals surface area contributed by atoms with Crippen molar-refractivity contribution in [2.24, 2.45) is 5.41 Å². The Morgan fingerprint density at radius 2 is 2.13 bits per heavy atom. The fourth-order valence-corrected chi connectivity index (χ4v) is 1.84. The Labute approximate surface area is 91.4 Å². The smallest absolute Gasteiger partial charge is 0.226 e. The first-order valence-electron chi connectivity index (χ1n) is 5.75. The number of hydrogen-bond donors (Lipinski definition) is 3. The molecule has 0 unspecified atom stereocenters. The van der Waals surface area contributed by atoms with Crippen LogP contribution in [0, 0.1) is 5.41 Å². The Morgan fingerprint density at radius 3 is 2.60 bits per heavy atom. The van der Waals surface area contributed by atoms with Crippen molar-refractivity contribution in [3.05, 3.63) is 0 Å². The predicted octanol–water partition coefficient (Wildman–Crippen LogP) is 0.263. The van der Waals surface area contributed by atoms with E-state index in [1.54, 1.807) is 0 Å². The summed E-state index contributed by atoms with van der Waals surface area (Å²) in [6.45, 7) is 5.80. The maximum atomic E-state index is 12.0. The number of rotatable bonds is 4. The molecule has 88 valence electrons. The third-order valence-electron chi connectivity index (χ3n) is 3.30. The lowest BCUT2D eigenvalue weighted by Gasteiger charge is -2.33. The number of aliphatic hydroxyl groups is 1. The van der Waals surface area contributed by atoms with E-state index >= 15 is 0 Å². The molecule has 0 saturated carbocycles. The van der Waals surface area contributed by atoms with Crippen molar-refractivity contribution < 1.29 is 9.90 Å². The molecule has 0 bridgehead atoms. The summed E-state index contributed by atoms with van der Waals surface area (Å²) in [5, 5.41) is 15.2. The SMILES string of the molecule is CC[C@H](CO)NC(=O)C1(C)CCNCC1. The third kappa shape index (κ3) is 3.18. The predicted molar refractivity (Wildman–Crippen MR) is 59.5 cm³/mol. The molecule has 1 amide bonds. The summed E-state index contributed by atoms with van der Waals surface area (Å²) in [5.41, 5.74) is -0.256. The maximum Gasteiger partial charge on any atom is 0.226 e. The van der Waals surface area contributed by atoms with Crippen LogP contribution in [0.15, 0.2) is 0 Å². The van der Waals surface area contributed by atoms with Crippen LogP contribution in [0.3, 0.4) is 0 Å². The van der Waals surface area contributed by atoms with Gasteiger partial charge in [-0.2, -0.15) is 0 Å². The molecule has 0 radical (unpaired) electrons. The summed E-state index contributed by atoms with van der Waals surface area (Å²) in [4.78, 5) is 12.0. The van der Waals surface area contributed by atoms with Crippen molar-refractivity contribution in [1.82, 2.24) is 10.6 Å². The molecule has 0 aromatic rings. The summed E-state index contributed by atoms with van der Waals surface area (Å²) in [6, 6.07) is -0.0933. The molecule has 0 aliphatic carbocycles. The lowest BCUT2D eigenvalue weighted by molar-refractivity contribution is -0.132. The summed E-state index contributed by atoms with van der Waals surface area (Å²) in [7, 11) is 0. The van der Waals surface area contributed by atoms with Gasteiger partial charge in [0.2, 0.25) is 5.91 Å². The third-order valence-corrected chi connectivity index (χ3v) is 3.30. The fraction of sp³-hybridized carbons (Fsp3) is 0.909. The van der Waals surface area contributed by atoms with E-state index in [4.69, 9.17) is 5.11 Å². The molecular weight excluding hydrogens is 192 g/mol. The lowest BCUT2D eigenvalue weighted by atomic mass is 9.80. The molecule has 1 rings (SSSR count). The van der Waals surface area contributed by atoms with Gasteiger partial charge in [-0.05, 0) is 32.4 Å². The zero-order valence-corrected chi connectivity index (χ0v) is 9.68. The van der Waals surface area contributed by atoms with Gasteiger partial charge < -0.3 is 15.7 Å². The standard InChI is InChI=1S/C11H22N2O2/c1-3-9(8-14)13-10(15)11(2)4-6-12-7-5-11/h9,12,14H,3-8H2,1-2H3,(H,13,15)/t9-/m1/s1. The minimum absolute atomic E-state index is 0.0244. The van der Waals surface area contributed by atoms with Crippen LogP contribution in [0.1, 0.15) is 33.1 Å². The van der Waals surface area contributed by atoms with Gasteiger partial charge in [0.1, 0.15) is 0 Å². The molecule has 0 aromatic carbocycles. The minimum atomic E-state index is -0.256. The molecule has 1 aliphatic heterocycles. The monoisotopic (exact) mass is 214 g/mol. The summed E-state index contributed by atoms with van der Waals surface area (Å²) in [6.07, 6.45) is 2.53. The van der Waals surface area contributed by atoms with E-state index in [-0.39, 0.29) is 24.0 Å². The first-order valence-corrected chi connectivity index (χ1v) is 5.75. The number of amides is 1. The van der Waals surface area contributed by atoms with Gasteiger partial charge in [-0.1, -0.05) is 13.8 Å². The zero-order valence-electron chi connectivity index (χ0n) is 9.68. The number of nitrogens with one attached hydrogen (secondary N) is 2. The molecule has 1 aliphatic rings. The lowest BCUT2D eigenvalue weighted by Crippen LogP contribution is -2.49. The van der Waals surface area contributed by atoms with Gasteiger partial charge in [-0.25, -0.2) is 0 Å². The number of aliphatic hydroxyl groups excluding tert-OH is 1. The van der Waals surface area contributed by atoms with Crippen LogP contribution in [-0.4, -0.2) is 36.8 Å². The molecule has 0 spiro atoms. The van der Waals surface area contributed by atoms with Gasteiger partial charge in [-0.3, -0.25) is 4.79 Å². The Kier molecular flexibility index (Phi) is 4.54. The Bertz CT molecular complexity index is 209. The second kappa shape index (κ2) is 5.47. The van der Waals surface area contributed by atoms with E-state index in [9.17, 15) is 4.79 Å². The van der Waals surface area contributed by atoms with Gasteiger partial charge in [-0.15, -0.1) is 0 Å². The molecule has 1 heterocycles. The summed E-state index contributed by atoms with van der Waals surface area (Å²) in [5.74, 6) is 0.0879. The molecule has 3 N–H and O–H groups in total. The Hall–Kier alpha value is -0.610. The van der Waals surface area contributed by atoms with E-state index in [2.05, 4.69) is 10.6 Å². The summed E-state index contributed by atoms with van der Waals surface area (Å²) >= 11 is 0. The molecule has 1 fully saturated rings. The van der Waals surface area contributed by atoms with Crippen molar-refractivity contribution in [2.75, 3.05) is 19.7 Å². The highest BCUT2D eigenvalue weighted by molar-refractivity contribution is 5.82. The highest BCUT2D eigenvalue weighted by atomic mass is 16.3. The van der Waals surface area contributed by atoms with E-state index < -0.39 is 0 Å². The van der Waals surface area contributed by atoms with E-state index in [0.29, 0.717) is 0 Å². The van der Waals surface area contributed by atoms with Crippen molar-refractivity contribution >= 4 is 5.91 Å². The van der Waals surface area contributed by atoms with Crippen LogP contribution in [0.4, 0.5) is 0 Å². The first-order chi connectivity index (χ1) is 7.12. The largest absolute Gasteiger partial charge is 0.394 e. The second-order valence-electron chi connectivity index (χ2n) is 4.57. The Balaban J connectivity index is 2.50. The average molecular weight is 214 g/mol. The van der Waals surface area contributed by atoms with Crippen molar-refractivity contribution in [2.45, 2.75) is 39.2 Å². The van der Waals surface area contributed by atoms with Crippen LogP contribution in [0.5, 0.6) is 0 Å². The van der Waals surface area contributed by atoms with Crippen LogP contribution in [-0.2, 0) is 4.79 Å². The highest BCUT2D eigenvalue weighted by Gasteiger charge is 2.35. The normalized spacial score (nSPS) is 22.1. The molecule has 0 aromatic heterocycles. The fourth-order valence-electron chi connectivity index (χ4n) is 1.84. The molecule has 1 atom stereocenters. The molecular formula is C11H22N2O2. The minimum Gasteiger partial charge on any atom is -0.394 e. The average Bonchev–Trinajstić information content (AvgIpc) is 2.26. The first kappa shape index (κ1) is 12.5. The molecule has 4 heteroatoms. The molecule has 4 nitrogen and oxygen atoms in total. The number of carbonyl (C=O) groups excluding carboxylic acids is 1. The number of carbonyl (C=O) groups is 1. The van der Waals surface area contributed by atoms with Crippen molar-refractivity contribution in [1.29, 1.82) is 0 Å². The topological polar surface area (TPSA) is 61.4 Å². The Morgan fingerprint density at radius 1 is 1.53 bits per heavy atom. The van der Waals surface area contributed by atoms with Crippen molar-refractivity contribution in [3.8, 4) is 0 Å². The van der Waals surface area contributed by atoms with Gasteiger partial charge in [0.05, 0.1) is 12.6 Å². The van der Waals surface area contributed by atoms with Crippen LogP contribution >= 0.6 is 0 Å². The van der Waals surface area contributed by atoms with Crippen LogP contribution in [0.2, 0.25) is 0 Å². The molecule has 1 saturated heterocycles. The number of hydrogen-bond acceptors (Lipinski definition) is 3. The van der Waals surface area contributed by atoms with Gasteiger partial charge in [0, 0.05) is 5.41 Å². The summed E-state index contributed by atoms with van der Waals surface area (Å²) < 4.78 is 0. The highest BCUT2D eigenvalue weighted by Crippen LogP contribution is 2.28. The maximum absolute atomic E-state index is 12.0. The molecule has 15 heavy (non-hydrogen) atoms. The second-order valence-corrected chi connectivity index (χ2v) is 4.57.